The van der Waals surface area contributed by atoms with Gasteiger partial charge in [-0.1, -0.05) is 12.8 Å². The molecule has 3 aliphatic rings. The van der Waals surface area contributed by atoms with E-state index < -0.39 is 0 Å². The summed E-state index contributed by atoms with van der Waals surface area (Å²) in [6.45, 7) is 7.08. The van der Waals surface area contributed by atoms with Crippen LogP contribution < -0.4 is 10.6 Å². The van der Waals surface area contributed by atoms with Crippen LogP contribution in [0.3, 0.4) is 0 Å². The highest BCUT2D eigenvalue weighted by molar-refractivity contribution is 5.94. The van der Waals surface area contributed by atoms with Crippen molar-refractivity contribution in [1.29, 1.82) is 0 Å². The summed E-state index contributed by atoms with van der Waals surface area (Å²) in [6, 6.07) is 4.19. The molecule has 8 heteroatoms. The highest BCUT2D eigenvalue weighted by Crippen LogP contribution is 2.36. The van der Waals surface area contributed by atoms with Crippen LogP contribution in [0.1, 0.15) is 65.4 Å². The molecule has 2 N–H and O–H groups in total. The topological polar surface area (TPSA) is 84.6 Å². The highest BCUT2D eigenvalue weighted by Gasteiger charge is 2.40. The van der Waals surface area contributed by atoms with Gasteiger partial charge in [0.05, 0.1) is 19.8 Å². The molecule has 33 heavy (non-hydrogen) atoms. The number of rotatable bonds is 7. The highest BCUT2D eigenvalue weighted by atomic mass is 16.5. The molecule has 0 radical (unpaired) electrons. The lowest BCUT2D eigenvalue weighted by atomic mass is 9.89. The predicted octanol–water partition coefficient (Wildman–Crippen LogP) is 2.34. The smallest absolute Gasteiger partial charge is 0.272 e. The Morgan fingerprint density at radius 1 is 1.24 bits per heavy atom. The number of furan rings is 1. The number of nitrogens with zero attached hydrogens (tertiary/aromatic N) is 3. The Balaban J connectivity index is 1.24. The molecule has 180 valence electrons. The summed E-state index contributed by atoms with van der Waals surface area (Å²) in [5.74, 6) is 1.48. The van der Waals surface area contributed by atoms with E-state index in [1.54, 1.807) is 0 Å². The molecule has 2 aromatic rings. The number of ether oxygens (including phenoxy) is 1. The van der Waals surface area contributed by atoms with E-state index in [0.717, 1.165) is 69.2 Å². The number of morpholine rings is 1. The van der Waals surface area contributed by atoms with Gasteiger partial charge in [-0.25, -0.2) is 0 Å². The van der Waals surface area contributed by atoms with Gasteiger partial charge in [-0.3, -0.25) is 14.4 Å². The number of hydrogen-bond acceptors (Lipinski definition) is 6. The summed E-state index contributed by atoms with van der Waals surface area (Å²) >= 11 is 0. The Bertz CT molecular complexity index is 969. The van der Waals surface area contributed by atoms with E-state index in [-0.39, 0.29) is 11.4 Å². The molecule has 8 nitrogen and oxygen atoms in total. The third-order valence-electron chi connectivity index (χ3n) is 7.83. The number of aryl methyl sites for hydroxylation is 2. The molecule has 0 spiro atoms. The molecule has 0 aromatic carbocycles. The molecule has 5 rings (SSSR count). The fourth-order valence-corrected chi connectivity index (χ4v) is 5.99. The number of aromatic nitrogens is 2. The molecule has 1 amide bonds. The Morgan fingerprint density at radius 2 is 2.03 bits per heavy atom. The minimum absolute atomic E-state index is 0.123. The molecule has 2 fully saturated rings. The van der Waals surface area contributed by atoms with E-state index in [0.29, 0.717) is 18.3 Å². The molecule has 1 unspecified atom stereocenters. The second-order valence-electron chi connectivity index (χ2n) is 9.94. The molecule has 1 saturated heterocycles. The number of amides is 1. The zero-order chi connectivity index (χ0) is 22.8. The number of hydrogen-bond donors (Lipinski definition) is 2. The van der Waals surface area contributed by atoms with E-state index in [1.807, 2.05) is 30.8 Å². The lowest BCUT2D eigenvalue weighted by molar-refractivity contribution is -0.0213. The monoisotopic (exact) mass is 455 g/mol. The lowest BCUT2D eigenvalue weighted by Crippen LogP contribution is -2.58. The molecule has 2 aliphatic carbocycles. The third kappa shape index (κ3) is 4.74. The molecule has 1 atom stereocenters. The first kappa shape index (κ1) is 22.6. The lowest BCUT2D eigenvalue weighted by Gasteiger charge is -2.44. The van der Waals surface area contributed by atoms with Gasteiger partial charge in [-0.15, -0.1) is 0 Å². The molecule has 1 aliphatic heterocycles. The first-order valence-corrected chi connectivity index (χ1v) is 12.5. The fourth-order valence-electron chi connectivity index (χ4n) is 5.99. The van der Waals surface area contributed by atoms with Crippen molar-refractivity contribution in [3.63, 3.8) is 0 Å². The molecule has 0 bridgehead atoms. The first-order chi connectivity index (χ1) is 16.0. The van der Waals surface area contributed by atoms with Crippen molar-refractivity contribution in [2.45, 2.75) is 70.0 Å². The van der Waals surface area contributed by atoms with E-state index in [4.69, 9.17) is 9.15 Å². The van der Waals surface area contributed by atoms with Gasteiger partial charge in [0, 0.05) is 49.5 Å². The largest absolute Gasteiger partial charge is 0.465 e. The van der Waals surface area contributed by atoms with Gasteiger partial charge < -0.3 is 19.8 Å². The third-order valence-corrected chi connectivity index (χ3v) is 7.83. The summed E-state index contributed by atoms with van der Waals surface area (Å²) in [7, 11) is 1.95. The molecular weight excluding hydrogens is 418 g/mol. The van der Waals surface area contributed by atoms with Gasteiger partial charge in [0.25, 0.3) is 5.91 Å². The maximum atomic E-state index is 13.0. The average molecular weight is 456 g/mol. The van der Waals surface area contributed by atoms with Gasteiger partial charge in [-0.2, -0.15) is 5.10 Å². The number of nitrogens with one attached hydrogen (secondary N) is 2. The van der Waals surface area contributed by atoms with Gasteiger partial charge in [0.15, 0.2) is 5.69 Å². The van der Waals surface area contributed by atoms with Gasteiger partial charge >= 0.3 is 0 Å². The zero-order valence-electron chi connectivity index (χ0n) is 20.0. The summed E-state index contributed by atoms with van der Waals surface area (Å²) < 4.78 is 13.1. The zero-order valence-corrected chi connectivity index (χ0v) is 20.0. The minimum Gasteiger partial charge on any atom is -0.465 e. The van der Waals surface area contributed by atoms with Gasteiger partial charge in [0.2, 0.25) is 0 Å². The predicted molar refractivity (Wildman–Crippen MR) is 125 cm³/mol. The van der Waals surface area contributed by atoms with E-state index in [1.165, 1.54) is 31.4 Å². The van der Waals surface area contributed by atoms with Crippen LogP contribution in [-0.2, 0) is 31.2 Å². The van der Waals surface area contributed by atoms with E-state index >= 15 is 0 Å². The SMILES string of the molecule is Cc1ccc(CNC(=O)c2nn(C)c3c2CC(NCC2(N4CCOCC4)CCCC2)CC3)o1. The average Bonchev–Trinajstić information content (AvgIpc) is 3.56. The van der Waals surface area contributed by atoms with E-state index in [9.17, 15) is 4.79 Å². The molecule has 2 aromatic heterocycles. The number of carbonyl (C=O) groups is 1. The second kappa shape index (κ2) is 9.60. The maximum Gasteiger partial charge on any atom is 0.272 e. The van der Waals surface area contributed by atoms with Gasteiger partial charge in [0.1, 0.15) is 11.5 Å². The van der Waals surface area contributed by atoms with Crippen molar-refractivity contribution in [3.8, 4) is 0 Å². The van der Waals surface area contributed by atoms with Crippen molar-refractivity contribution in [1.82, 2.24) is 25.3 Å². The van der Waals surface area contributed by atoms with Crippen LogP contribution in [0.5, 0.6) is 0 Å². The summed E-state index contributed by atoms with van der Waals surface area (Å²) in [5, 5.41) is 11.5. The van der Waals surface area contributed by atoms with Crippen molar-refractivity contribution in [2.75, 3.05) is 32.8 Å². The summed E-state index contributed by atoms with van der Waals surface area (Å²) in [6.07, 6.45) is 8.05. The molecule has 3 heterocycles. The quantitative estimate of drug-likeness (QED) is 0.667. The van der Waals surface area contributed by atoms with Crippen LogP contribution in [-0.4, -0.2) is 65.0 Å². The Labute approximate surface area is 196 Å². The van der Waals surface area contributed by atoms with Crippen LogP contribution in [0.25, 0.3) is 0 Å². The van der Waals surface area contributed by atoms with Crippen molar-refractivity contribution >= 4 is 5.91 Å². The molecular formula is C25H37N5O3. The van der Waals surface area contributed by atoms with Crippen LogP contribution in [0, 0.1) is 6.92 Å². The van der Waals surface area contributed by atoms with Crippen LogP contribution in [0.2, 0.25) is 0 Å². The van der Waals surface area contributed by atoms with Crippen LogP contribution in [0.15, 0.2) is 16.5 Å². The Kier molecular flexibility index (Phi) is 6.58. The van der Waals surface area contributed by atoms with Crippen molar-refractivity contribution in [2.24, 2.45) is 7.05 Å². The van der Waals surface area contributed by atoms with Gasteiger partial charge in [-0.05, 0) is 51.2 Å². The first-order valence-electron chi connectivity index (χ1n) is 12.5. The Morgan fingerprint density at radius 3 is 2.76 bits per heavy atom. The Hall–Kier alpha value is -2.16. The maximum absolute atomic E-state index is 13.0. The van der Waals surface area contributed by atoms with Crippen molar-refractivity contribution in [3.05, 3.63) is 40.6 Å². The van der Waals surface area contributed by atoms with Crippen molar-refractivity contribution < 1.29 is 13.9 Å². The summed E-state index contributed by atoms with van der Waals surface area (Å²) in [5.41, 5.74) is 3.11. The van der Waals surface area contributed by atoms with Crippen LogP contribution >= 0.6 is 0 Å². The van der Waals surface area contributed by atoms with Crippen LogP contribution in [0.4, 0.5) is 0 Å². The fraction of sp³-hybridized carbons (Fsp3) is 0.680. The number of fused-ring (bicyclic) bond motifs is 1. The standard InChI is InChI=1S/C25H37N5O3/c1-18-5-7-20(33-18)16-26-24(31)23-21-15-19(6-8-22(21)29(2)28-23)27-17-25(9-3-4-10-25)30-11-13-32-14-12-30/h5,7,19,27H,3-4,6,8-17H2,1-2H3,(H,26,31). The number of carbonyl (C=O) groups excluding carboxylic acids is 1. The summed E-state index contributed by atoms with van der Waals surface area (Å²) in [4.78, 5) is 15.6. The second-order valence-corrected chi connectivity index (χ2v) is 9.94. The molecule has 1 saturated carbocycles. The normalized spacial score (nSPS) is 22.9. The van der Waals surface area contributed by atoms with E-state index in [2.05, 4.69) is 20.6 Å². The minimum atomic E-state index is -0.123.